The maximum absolute atomic E-state index is 11.9. The normalized spacial score (nSPS) is 9.05. The summed E-state index contributed by atoms with van der Waals surface area (Å²) in [6, 6.07) is 0. The van der Waals surface area contributed by atoms with Gasteiger partial charge in [-0.15, -0.1) is 0 Å². The van der Waals surface area contributed by atoms with Gasteiger partial charge in [0.1, 0.15) is 6.61 Å². The monoisotopic (exact) mass is 544 g/mol. The number of esters is 2. The van der Waals surface area contributed by atoms with E-state index in [1.807, 2.05) is 0 Å². The lowest BCUT2D eigenvalue weighted by atomic mass is 10.1. The second-order valence-electron chi connectivity index (χ2n) is 7.80. The van der Waals surface area contributed by atoms with Crippen LogP contribution in [0, 0.1) is 71.0 Å². The van der Waals surface area contributed by atoms with Gasteiger partial charge in [0.25, 0.3) is 0 Å². The van der Waals surface area contributed by atoms with Crippen molar-refractivity contribution in [2.45, 2.75) is 97.0 Å². The van der Waals surface area contributed by atoms with Gasteiger partial charge in [0.2, 0.25) is 0 Å². The molecule has 0 spiro atoms. The van der Waals surface area contributed by atoms with Gasteiger partial charge in [-0.05, 0) is 72.5 Å². The molecule has 0 heterocycles. The number of aliphatic hydroxyl groups excluding tert-OH is 1. The fourth-order valence-electron chi connectivity index (χ4n) is 2.90. The first kappa shape index (κ1) is 35.8. The van der Waals surface area contributed by atoms with Crippen LogP contribution in [0.2, 0.25) is 0 Å². The highest BCUT2D eigenvalue weighted by Gasteiger charge is 2.15. The summed E-state index contributed by atoms with van der Waals surface area (Å²) < 4.78 is 10.1. The summed E-state index contributed by atoms with van der Waals surface area (Å²) in [6.45, 7) is 3.18. The highest BCUT2D eigenvalue weighted by atomic mass is 32.1. The minimum absolute atomic E-state index is 0. The van der Waals surface area contributed by atoms with Crippen molar-refractivity contribution in [1.29, 1.82) is 0 Å². The van der Waals surface area contributed by atoms with E-state index in [4.69, 9.17) is 9.47 Å². The summed E-state index contributed by atoms with van der Waals surface area (Å²) in [4.78, 5) is 23.6. The first-order chi connectivity index (χ1) is 17.6. The fraction of sp³-hybridized carbons (Fsp3) is 0.548. The molecule has 0 aliphatic carbocycles. The molecule has 0 radical (unpaired) electrons. The van der Waals surface area contributed by atoms with E-state index in [0.717, 1.165) is 19.3 Å². The molecule has 6 heteroatoms. The molecule has 5 nitrogen and oxygen atoms in total. The minimum Gasteiger partial charge on any atom is -0.456 e. The molecule has 0 aromatic carbocycles. The van der Waals surface area contributed by atoms with Crippen molar-refractivity contribution in [3.63, 3.8) is 0 Å². The number of aliphatic hydroxyl groups is 1. The first-order valence-corrected chi connectivity index (χ1v) is 12.5. The number of hydrogen-bond acceptors (Lipinski definition) is 5. The Balaban J connectivity index is -0.0000000928. The van der Waals surface area contributed by atoms with Crippen LogP contribution in [0.15, 0.2) is 0 Å². The van der Waals surface area contributed by atoms with Gasteiger partial charge in [-0.1, -0.05) is 77.1 Å². The predicted octanol–water partition coefficient (Wildman–Crippen LogP) is 6.99. The standard InChI is InChI=1S/C31H36O5.H2S.11H2/c1-3-5-7-9-11-13-15-17-19-21-23-25-30(33)35-28-29(27-32)36-31(34)26-24-22-20-18-16-14-12-10-8-6-4-2;;;;;;;;;;;;/h29,32H,4,6,8,10,12,14,16,18,20,22,24,26-28H2,1-2H3;1H2;11*1H/t29-;;;;;;;;;;;;/m1............/s1. The van der Waals surface area contributed by atoms with E-state index in [9.17, 15) is 14.7 Å². The van der Waals surface area contributed by atoms with Gasteiger partial charge in [0.15, 0.2) is 6.10 Å². The zero-order valence-electron chi connectivity index (χ0n) is 22.1. The van der Waals surface area contributed by atoms with E-state index in [1.165, 1.54) is 51.4 Å². The summed E-state index contributed by atoms with van der Waals surface area (Å²) in [5, 5.41) is 9.36. The number of carbonyl (C=O) groups excluding carboxylic acids is 2. The van der Waals surface area contributed by atoms with Crippen LogP contribution in [0.3, 0.4) is 0 Å². The van der Waals surface area contributed by atoms with Crippen molar-refractivity contribution in [3.8, 4) is 71.0 Å². The van der Waals surface area contributed by atoms with Gasteiger partial charge in [-0.25, -0.2) is 4.79 Å². The van der Waals surface area contributed by atoms with E-state index >= 15 is 0 Å². The molecule has 0 aliphatic heterocycles. The van der Waals surface area contributed by atoms with Crippen molar-refractivity contribution in [1.82, 2.24) is 0 Å². The fourth-order valence-corrected chi connectivity index (χ4v) is 2.90. The Morgan fingerprint density at radius 1 is 0.730 bits per heavy atom. The third kappa shape index (κ3) is 27.0. The zero-order chi connectivity index (χ0) is 26.5. The topological polar surface area (TPSA) is 72.8 Å². The summed E-state index contributed by atoms with van der Waals surface area (Å²) in [7, 11) is 0. The maximum atomic E-state index is 11.9. The smallest absolute Gasteiger partial charge is 0.385 e. The molecule has 0 aromatic rings. The van der Waals surface area contributed by atoms with Crippen LogP contribution in [0.1, 0.15) is 107 Å². The van der Waals surface area contributed by atoms with Crippen LogP contribution in [-0.4, -0.2) is 36.4 Å². The van der Waals surface area contributed by atoms with Crippen molar-refractivity contribution >= 4 is 25.4 Å². The predicted molar refractivity (Wildman–Crippen MR) is 175 cm³/mol. The van der Waals surface area contributed by atoms with Crippen molar-refractivity contribution in [3.05, 3.63) is 0 Å². The van der Waals surface area contributed by atoms with E-state index < -0.39 is 24.6 Å². The molecular weight excluding hydrogens is 484 g/mol. The SMILES string of the molecule is CC#CC#CC#CC#CC#CC#CC(=O)OC[C@@H](CO)OC(=O)CCCCCCCCCCCCC.S.[HH].[HH].[HH].[HH].[HH].[HH].[HH].[HH].[HH].[HH].[HH]. The third-order valence-corrected chi connectivity index (χ3v) is 4.74. The number of ether oxygens (including phenoxy) is 2. The van der Waals surface area contributed by atoms with E-state index in [1.54, 1.807) is 6.92 Å². The second kappa shape index (κ2) is 28.8. The lowest BCUT2D eigenvalue weighted by Crippen LogP contribution is -2.28. The molecule has 220 valence electrons. The van der Waals surface area contributed by atoms with E-state index in [-0.39, 0.29) is 42.2 Å². The molecule has 0 rings (SSSR count). The highest BCUT2D eigenvalue weighted by molar-refractivity contribution is 7.59. The molecule has 0 unspecified atom stereocenters. The molecule has 0 saturated carbocycles. The molecule has 0 saturated heterocycles. The molecule has 0 aromatic heterocycles. The molecule has 0 fully saturated rings. The zero-order valence-corrected chi connectivity index (χ0v) is 23.1. The molecule has 0 aliphatic rings. The van der Waals surface area contributed by atoms with Crippen molar-refractivity contribution < 1.29 is 39.9 Å². The summed E-state index contributed by atoms with van der Waals surface area (Å²) in [6.07, 6.45) is 12.5. The summed E-state index contributed by atoms with van der Waals surface area (Å²) in [5.41, 5.74) is 0. The first-order valence-electron chi connectivity index (χ1n) is 12.5. The average molecular weight is 545 g/mol. The quantitative estimate of drug-likeness (QED) is 0.0981. The third-order valence-electron chi connectivity index (χ3n) is 4.74. The van der Waals surface area contributed by atoms with E-state index in [2.05, 4.69) is 78.0 Å². The van der Waals surface area contributed by atoms with Gasteiger partial charge in [-0.2, -0.15) is 13.5 Å². The lowest BCUT2D eigenvalue weighted by Gasteiger charge is -2.14. The average Bonchev–Trinajstić information content (AvgIpc) is 2.88. The van der Waals surface area contributed by atoms with Crippen LogP contribution in [-0.2, 0) is 19.1 Å². The Kier molecular flexibility index (Phi) is 27.9. The molecular formula is C31H60O5S. The molecule has 0 amide bonds. The Morgan fingerprint density at radius 2 is 1.19 bits per heavy atom. The highest BCUT2D eigenvalue weighted by Crippen LogP contribution is 2.12. The largest absolute Gasteiger partial charge is 0.456 e. The summed E-state index contributed by atoms with van der Waals surface area (Å²) >= 11 is 0. The van der Waals surface area contributed by atoms with Gasteiger partial charge in [-0.3, -0.25) is 4.79 Å². The van der Waals surface area contributed by atoms with Crippen LogP contribution >= 0.6 is 13.5 Å². The number of hydrogen-bond donors (Lipinski definition) is 1. The molecule has 1 atom stereocenters. The van der Waals surface area contributed by atoms with Crippen LogP contribution < -0.4 is 0 Å². The lowest BCUT2D eigenvalue weighted by molar-refractivity contribution is -0.159. The molecule has 0 bridgehead atoms. The Hall–Kier alpha value is -3.39. The van der Waals surface area contributed by atoms with Crippen LogP contribution in [0.25, 0.3) is 0 Å². The van der Waals surface area contributed by atoms with Gasteiger partial charge in [0.05, 0.1) is 6.61 Å². The Labute approximate surface area is 247 Å². The number of rotatable bonds is 16. The maximum Gasteiger partial charge on any atom is 0.385 e. The minimum atomic E-state index is -0.919. The van der Waals surface area contributed by atoms with Gasteiger partial charge >= 0.3 is 11.9 Å². The Bertz CT molecular complexity index is 1060. The summed E-state index contributed by atoms with van der Waals surface area (Å²) in [5.74, 6) is 28.0. The van der Waals surface area contributed by atoms with Gasteiger partial charge < -0.3 is 14.6 Å². The molecule has 37 heavy (non-hydrogen) atoms. The van der Waals surface area contributed by atoms with Crippen molar-refractivity contribution in [2.75, 3.05) is 13.2 Å². The Morgan fingerprint density at radius 3 is 1.68 bits per heavy atom. The van der Waals surface area contributed by atoms with Gasteiger partial charge in [0, 0.05) is 28.0 Å². The van der Waals surface area contributed by atoms with Crippen LogP contribution in [0.5, 0.6) is 0 Å². The van der Waals surface area contributed by atoms with Crippen LogP contribution in [0.4, 0.5) is 0 Å². The second-order valence-corrected chi connectivity index (χ2v) is 7.80. The number of unbranched alkanes of at least 4 members (excludes halogenated alkanes) is 10. The number of carbonyl (C=O) groups is 2. The molecule has 1 N–H and O–H groups in total. The van der Waals surface area contributed by atoms with Crippen molar-refractivity contribution in [2.24, 2.45) is 0 Å². The van der Waals surface area contributed by atoms with E-state index in [0.29, 0.717) is 0 Å².